The molecular weight excluding hydrogens is 255 g/mol. The molecule has 1 heterocycles. The average molecular weight is 268 g/mol. The number of hydrogen-bond donors (Lipinski definition) is 0. The van der Waals surface area contributed by atoms with Crippen LogP contribution in [0.5, 0.6) is 0 Å². The maximum Gasteiger partial charge on any atom is 0.337 e. The summed E-state index contributed by atoms with van der Waals surface area (Å²) in [6.07, 6.45) is 1.22. The van der Waals surface area contributed by atoms with Crippen molar-refractivity contribution in [2.75, 3.05) is 20.4 Å². The van der Waals surface area contributed by atoms with Gasteiger partial charge in [-0.25, -0.2) is 0 Å². The van der Waals surface area contributed by atoms with Gasteiger partial charge in [0.25, 0.3) is 0 Å². The van der Waals surface area contributed by atoms with Gasteiger partial charge in [-0.2, -0.15) is 0 Å². The molecule has 1 aromatic heterocycles. The van der Waals surface area contributed by atoms with E-state index >= 15 is 0 Å². The zero-order chi connectivity index (χ0) is 13.2. The van der Waals surface area contributed by atoms with Crippen molar-refractivity contribution >= 4 is 24.3 Å². The molecule has 2 rings (SSSR count). The fourth-order valence-corrected chi connectivity index (χ4v) is 2.63. The Kier molecular flexibility index (Phi) is 3.66. The number of carbonyl (C=O) groups excluding carboxylic acids is 1. The van der Waals surface area contributed by atoms with Crippen LogP contribution in [0.15, 0.2) is 34.9 Å². The maximum atomic E-state index is 12.1. The van der Waals surface area contributed by atoms with Crippen LogP contribution >= 0.6 is 7.60 Å². The van der Waals surface area contributed by atoms with Crippen LogP contribution in [0.2, 0.25) is 0 Å². The lowest BCUT2D eigenvalue weighted by molar-refractivity contribution is 0.101. The van der Waals surface area contributed by atoms with E-state index < -0.39 is 7.60 Å². The molecule has 0 aliphatic rings. The SMILES string of the molecule is COP(=O)(CC(=O)c1cccc2occc12)OC. The minimum absolute atomic E-state index is 0.287. The number of benzene rings is 1. The fraction of sp³-hybridized carbons (Fsp3) is 0.250. The van der Waals surface area contributed by atoms with E-state index in [0.29, 0.717) is 16.5 Å². The third kappa shape index (κ3) is 2.38. The lowest BCUT2D eigenvalue weighted by atomic mass is 10.1. The summed E-state index contributed by atoms with van der Waals surface area (Å²) in [5.74, 6) is -0.297. The molecule has 0 fully saturated rings. The van der Waals surface area contributed by atoms with Gasteiger partial charge in [-0.1, -0.05) is 12.1 Å². The molecule has 0 radical (unpaired) electrons. The van der Waals surface area contributed by atoms with E-state index in [2.05, 4.69) is 0 Å². The Morgan fingerprint density at radius 2 is 2.00 bits per heavy atom. The van der Waals surface area contributed by atoms with E-state index in [9.17, 15) is 9.36 Å². The summed E-state index contributed by atoms with van der Waals surface area (Å²) in [4.78, 5) is 12.1. The number of hydrogen-bond acceptors (Lipinski definition) is 5. The number of furan rings is 1. The predicted octanol–water partition coefficient (Wildman–Crippen LogP) is 3.10. The summed E-state index contributed by atoms with van der Waals surface area (Å²) < 4.78 is 26.7. The number of ketones is 1. The summed E-state index contributed by atoms with van der Waals surface area (Å²) in [6.45, 7) is 0. The van der Waals surface area contributed by atoms with Crippen molar-refractivity contribution in [3.63, 3.8) is 0 Å². The van der Waals surface area contributed by atoms with Crippen molar-refractivity contribution in [1.29, 1.82) is 0 Å². The minimum Gasteiger partial charge on any atom is -0.464 e. The molecule has 2 aromatic rings. The molecule has 0 aliphatic heterocycles. The Morgan fingerprint density at radius 1 is 1.28 bits per heavy atom. The first-order valence-corrected chi connectivity index (χ1v) is 7.02. The molecule has 5 nitrogen and oxygen atoms in total. The largest absolute Gasteiger partial charge is 0.464 e. The van der Waals surface area contributed by atoms with Crippen molar-refractivity contribution < 1.29 is 22.8 Å². The van der Waals surface area contributed by atoms with Gasteiger partial charge in [0.2, 0.25) is 0 Å². The third-order valence-corrected chi connectivity index (χ3v) is 4.48. The fourth-order valence-electron chi connectivity index (χ4n) is 1.70. The second-order valence-electron chi connectivity index (χ2n) is 3.70. The van der Waals surface area contributed by atoms with E-state index in [1.807, 2.05) is 0 Å². The van der Waals surface area contributed by atoms with Crippen LogP contribution in [-0.2, 0) is 13.6 Å². The summed E-state index contributed by atoms with van der Waals surface area (Å²) >= 11 is 0. The summed E-state index contributed by atoms with van der Waals surface area (Å²) in [6, 6.07) is 6.84. The highest BCUT2D eigenvalue weighted by atomic mass is 31.2. The lowest BCUT2D eigenvalue weighted by Gasteiger charge is -2.12. The Morgan fingerprint density at radius 3 is 2.67 bits per heavy atom. The van der Waals surface area contributed by atoms with Crippen LogP contribution < -0.4 is 0 Å². The average Bonchev–Trinajstić information content (AvgIpc) is 2.86. The van der Waals surface area contributed by atoms with Crippen LogP contribution in [0, 0.1) is 0 Å². The maximum absolute atomic E-state index is 12.1. The van der Waals surface area contributed by atoms with Gasteiger partial charge in [-0.3, -0.25) is 9.36 Å². The van der Waals surface area contributed by atoms with Gasteiger partial charge in [-0.05, 0) is 12.1 Å². The molecule has 0 saturated heterocycles. The number of rotatable bonds is 5. The summed E-state index contributed by atoms with van der Waals surface area (Å²) in [7, 11) is -0.822. The molecule has 6 heteroatoms. The highest BCUT2D eigenvalue weighted by molar-refractivity contribution is 7.54. The molecule has 0 bridgehead atoms. The standard InChI is InChI=1S/C12H13O5P/c1-15-18(14,16-2)8-11(13)9-4-3-5-12-10(9)6-7-17-12/h3-7H,8H2,1-2H3. The van der Waals surface area contributed by atoms with Crippen molar-refractivity contribution in [2.45, 2.75) is 0 Å². The first-order chi connectivity index (χ1) is 8.59. The molecular formula is C12H13O5P. The van der Waals surface area contributed by atoms with E-state index in [1.54, 1.807) is 24.3 Å². The number of carbonyl (C=O) groups is 1. The lowest BCUT2D eigenvalue weighted by Crippen LogP contribution is -2.08. The Bertz CT molecular complexity index is 608. The quantitative estimate of drug-likeness (QED) is 0.615. The van der Waals surface area contributed by atoms with Gasteiger partial charge in [0.05, 0.1) is 6.26 Å². The molecule has 0 aliphatic carbocycles. The molecule has 1 aromatic carbocycles. The van der Waals surface area contributed by atoms with Gasteiger partial charge < -0.3 is 13.5 Å². The Balaban J connectivity index is 2.35. The zero-order valence-corrected chi connectivity index (χ0v) is 11.0. The molecule has 96 valence electrons. The van der Waals surface area contributed by atoms with Crippen molar-refractivity contribution in [2.24, 2.45) is 0 Å². The normalized spacial score (nSPS) is 11.9. The molecule has 0 N–H and O–H groups in total. The van der Waals surface area contributed by atoms with Crippen molar-refractivity contribution in [3.05, 3.63) is 36.1 Å². The Hall–Kier alpha value is -1.42. The molecule has 0 unspecified atom stereocenters. The van der Waals surface area contributed by atoms with E-state index in [4.69, 9.17) is 13.5 Å². The van der Waals surface area contributed by atoms with Crippen LogP contribution in [0.1, 0.15) is 10.4 Å². The van der Waals surface area contributed by atoms with Crippen LogP contribution in [0.4, 0.5) is 0 Å². The van der Waals surface area contributed by atoms with Crippen molar-refractivity contribution in [1.82, 2.24) is 0 Å². The molecule has 0 amide bonds. The number of Topliss-reactive ketones (excluding diaryl/α,β-unsaturated/α-hetero) is 1. The Labute approximate surface area is 104 Å². The van der Waals surface area contributed by atoms with Gasteiger partial charge in [0, 0.05) is 25.2 Å². The van der Waals surface area contributed by atoms with Gasteiger partial charge in [0.15, 0.2) is 5.78 Å². The van der Waals surface area contributed by atoms with Gasteiger partial charge >= 0.3 is 7.60 Å². The molecule has 18 heavy (non-hydrogen) atoms. The molecule has 0 atom stereocenters. The van der Waals surface area contributed by atoms with Gasteiger partial charge in [0.1, 0.15) is 11.7 Å². The highest BCUT2D eigenvalue weighted by Gasteiger charge is 2.27. The summed E-state index contributed by atoms with van der Waals surface area (Å²) in [5, 5.41) is 0.696. The first kappa shape index (κ1) is 13.0. The summed E-state index contributed by atoms with van der Waals surface area (Å²) in [5.41, 5.74) is 1.07. The third-order valence-electron chi connectivity index (χ3n) is 2.69. The second kappa shape index (κ2) is 5.06. The monoisotopic (exact) mass is 268 g/mol. The second-order valence-corrected chi connectivity index (χ2v) is 5.96. The van der Waals surface area contributed by atoms with E-state index in [1.165, 1.54) is 20.5 Å². The molecule has 0 spiro atoms. The van der Waals surface area contributed by atoms with Crippen LogP contribution in [0.3, 0.4) is 0 Å². The van der Waals surface area contributed by atoms with E-state index in [0.717, 1.165) is 0 Å². The zero-order valence-electron chi connectivity index (χ0n) is 10.1. The van der Waals surface area contributed by atoms with Crippen LogP contribution in [0.25, 0.3) is 11.0 Å². The topological polar surface area (TPSA) is 65.7 Å². The van der Waals surface area contributed by atoms with E-state index in [-0.39, 0.29) is 11.9 Å². The predicted molar refractivity (Wildman–Crippen MR) is 67.0 cm³/mol. The van der Waals surface area contributed by atoms with Crippen LogP contribution in [-0.4, -0.2) is 26.2 Å². The minimum atomic E-state index is -3.34. The van der Waals surface area contributed by atoms with Gasteiger partial charge in [-0.15, -0.1) is 0 Å². The number of fused-ring (bicyclic) bond motifs is 1. The smallest absolute Gasteiger partial charge is 0.337 e. The van der Waals surface area contributed by atoms with Crippen molar-refractivity contribution in [3.8, 4) is 0 Å². The first-order valence-electron chi connectivity index (χ1n) is 5.29. The highest BCUT2D eigenvalue weighted by Crippen LogP contribution is 2.46. The molecule has 0 saturated carbocycles.